The Balaban J connectivity index is 3.76. The lowest BCUT2D eigenvalue weighted by molar-refractivity contribution is -0.144. The van der Waals surface area contributed by atoms with Crippen molar-refractivity contribution in [1.82, 2.24) is 5.32 Å². The van der Waals surface area contributed by atoms with Crippen LogP contribution in [0.4, 0.5) is 0 Å². The van der Waals surface area contributed by atoms with Crippen molar-refractivity contribution in [3.8, 4) is 0 Å². The minimum absolute atomic E-state index is 0.256. The predicted octanol–water partition coefficient (Wildman–Crippen LogP) is -0.142. The molecule has 0 spiro atoms. The number of hydrogen-bond acceptors (Lipinski definition) is 4. The van der Waals surface area contributed by atoms with Crippen molar-refractivity contribution >= 4 is 11.9 Å². The van der Waals surface area contributed by atoms with Gasteiger partial charge in [0.2, 0.25) is 0 Å². The zero-order valence-electron chi connectivity index (χ0n) is 8.03. The summed E-state index contributed by atoms with van der Waals surface area (Å²) < 4.78 is 4.46. The summed E-state index contributed by atoms with van der Waals surface area (Å²) in [5.74, 6) is -1.78. The number of rotatable bonds is 5. The summed E-state index contributed by atoms with van der Waals surface area (Å²) >= 11 is 0. The molecule has 0 fully saturated rings. The second-order valence-electron chi connectivity index (χ2n) is 2.89. The number of esters is 1. The van der Waals surface area contributed by atoms with Gasteiger partial charge >= 0.3 is 11.9 Å². The first kappa shape index (κ1) is 11.9. The summed E-state index contributed by atoms with van der Waals surface area (Å²) in [4.78, 5) is 21.3. The predicted molar refractivity (Wildman–Crippen MR) is 46.3 cm³/mol. The molecule has 0 saturated heterocycles. The third-order valence-electron chi connectivity index (χ3n) is 1.71. The van der Waals surface area contributed by atoms with Gasteiger partial charge in [0.1, 0.15) is 6.04 Å². The van der Waals surface area contributed by atoms with Crippen molar-refractivity contribution < 1.29 is 19.4 Å². The summed E-state index contributed by atoms with van der Waals surface area (Å²) in [7, 11) is 1.29. The first-order chi connectivity index (χ1) is 5.99. The number of hydrogen-bond donors (Lipinski definition) is 2. The van der Waals surface area contributed by atoms with E-state index in [1.54, 1.807) is 13.8 Å². The molecule has 0 aliphatic heterocycles. The fourth-order valence-corrected chi connectivity index (χ4v) is 0.701. The number of methoxy groups -OCH3 is 1. The number of aliphatic carboxylic acids is 1. The fraction of sp³-hybridized carbons (Fsp3) is 0.750. The van der Waals surface area contributed by atoms with Gasteiger partial charge in [0.25, 0.3) is 0 Å². The monoisotopic (exact) mass is 189 g/mol. The summed E-state index contributed by atoms with van der Waals surface area (Å²) in [6.07, 6.45) is 0. The van der Waals surface area contributed by atoms with E-state index in [2.05, 4.69) is 10.1 Å². The molecular weight excluding hydrogens is 174 g/mol. The van der Waals surface area contributed by atoms with Gasteiger partial charge < -0.3 is 15.2 Å². The molecule has 0 heterocycles. The molecule has 0 aliphatic rings. The van der Waals surface area contributed by atoms with Crippen LogP contribution in [0.3, 0.4) is 0 Å². The van der Waals surface area contributed by atoms with Gasteiger partial charge in [-0.2, -0.15) is 0 Å². The molecule has 0 aromatic carbocycles. The van der Waals surface area contributed by atoms with Crippen molar-refractivity contribution in [3.63, 3.8) is 0 Å². The number of carboxylic acids is 1. The molecule has 2 N–H and O–H groups in total. The third kappa shape index (κ3) is 4.47. The van der Waals surface area contributed by atoms with E-state index in [-0.39, 0.29) is 6.54 Å². The zero-order valence-corrected chi connectivity index (χ0v) is 8.03. The van der Waals surface area contributed by atoms with Crippen molar-refractivity contribution in [2.24, 2.45) is 5.92 Å². The first-order valence-electron chi connectivity index (χ1n) is 4.03. The van der Waals surface area contributed by atoms with E-state index in [0.717, 1.165) is 0 Å². The average molecular weight is 189 g/mol. The van der Waals surface area contributed by atoms with Crippen molar-refractivity contribution in [1.29, 1.82) is 0 Å². The molecular formula is C8H15NO4. The maximum Gasteiger partial charge on any atom is 0.322 e. The SMILES string of the molecule is COC(=O)C(C)NCC(C)C(=O)O. The van der Waals surface area contributed by atoms with E-state index >= 15 is 0 Å². The number of carbonyl (C=O) groups is 2. The highest BCUT2D eigenvalue weighted by molar-refractivity contribution is 5.75. The third-order valence-corrected chi connectivity index (χ3v) is 1.71. The lowest BCUT2D eigenvalue weighted by atomic mass is 10.2. The molecule has 2 atom stereocenters. The quantitative estimate of drug-likeness (QED) is 0.589. The smallest absolute Gasteiger partial charge is 0.322 e. The summed E-state index contributed by atoms with van der Waals surface area (Å²) in [6.45, 7) is 3.45. The van der Waals surface area contributed by atoms with Crippen LogP contribution in [-0.2, 0) is 14.3 Å². The second kappa shape index (κ2) is 5.53. The molecule has 2 unspecified atom stereocenters. The topological polar surface area (TPSA) is 75.6 Å². The highest BCUT2D eigenvalue weighted by Gasteiger charge is 2.16. The molecule has 5 heteroatoms. The fourth-order valence-electron chi connectivity index (χ4n) is 0.701. The van der Waals surface area contributed by atoms with Crippen molar-refractivity contribution in [2.75, 3.05) is 13.7 Å². The van der Waals surface area contributed by atoms with Gasteiger partial charge in [-0.1, -0.05) is 6.92 Å². The van der Waals surface area contributed by atoms with Crippen molar-refractivity contribution in [2.45, 2.75) is 19.9 Å². The van der Waals surface area contributed by atoms with E-state index in [4.69, 9.17) is 5.11 Å². The van der Waals surface area contributed by atoms with Crippen LogP contribution in [0, 0.1) is 5.92 Å². The Hall–Kier alpha value is -1.10. The van der Waals surface area contributed by atoms with Crippen LogP contribution in [0.5, 0.6) is 0 Å². The van der Waals surface area contributed by atoms with Crippen LogP contribution in [-0.4, -0.2) is 36.7 Å². The standard InChI is InChI=1S/C8H15NO4/c1-5(7(10)11)4-9-6(2)8(12)13-3/h5-6,9H,4H2,1-3H3,(H,10,11). The minimum Gasteiger partial charge on any atom is -0.481 e. The van der Waals surface area contributed by atoms with Crippen LogP contribution >= 0.6 is 0 Å². The molecule has 0 bridgehead atoms. The maximum atomic E-state index is 10.9. The Morgan fingerprint density at radius 3 is 2.38 bits per heavy atom. The van der Waals surface area contributed by atoms with Gasteiger partial charge in [-0.25, -0.2) is 0 Å². The second-order valence-corrected chi connectivity index (χ2v) is 2.89. The molecule has 13 heavy (non-hydrogen) atoms. The van der Waals surface area contributed by atoms with Gasteiger partial charge in [0, 0.05) is 6.54 Å². The zero-order chi connectivity index (χ0) is 10.4. The summed E-state index contributed by atoms with van der Waals surface area (Å²) in [5.41, 5.74) is 0. The average Bonchev–Trinajstić information content (AvgIpc) is 2.11. The van der Waals surface area contributed by atoms with Crippen LogP contribution < -0.4 is 5.32 Å². The molecule has 76 valence electrons. The first-order valence-corrected chi connectivity index (χ1v) is 4.03. The molecule has 0 rings (SSSR count). The van der Waals surface area contributed by atoms with Gasteiger partial charge in [0.15, 0.2) is 0 Å². The Morgan fingerprint density at radius 2 is 2.00 bits per heavy atom. The number of ether oxygens (including phenoxy) is 1. The Kier molecular flexibility index (Phi) is 5.06. The molecule has 0 saturated carbocycles. The Morgan fingerprint density at radius 1 is 1.46 bits per heavy atom. The normalized spacial score (nSPS) is 14.7. The minimum atomic E-state index is -0.885. The Labute approximate surface area is 77.1 Å². The summed E-state index contributed by atoms with van der Waals surface area (Å²) in [5, 5.41) is 11.3. The molecule has 0 aromatic rings. The number of carbonyl (C=O) groups excluding carboxylic acids is 1. The van der Waals surface area contributed by atoms with Gasteiger partial charge in [-0.05, 0) is 6.92 Å². The van der Waals surface area contributed by atoms with Crippen LogP contribution in [0.1, 0.15) is 13.8 Å². The number of carboxylic acid groups (broad SMARTS) is 1. The Bertz CT molecular complexity index is 193. The van der Waals surface area contributed by atoms with Crippen LogP contribution in [0.15, 0.2) is 0 Å². The van der Waals surface area contributed by atoms with E-state index in [9.17, 15) is 9.59 Å². The summed E-state index contributed by atoms with van der Waals surface area (Å²) in [6, 6.07) is -0.466. The van der Waals surface area contributed by atoms with Gasteiger partial charge in [0.05, 0.1) is 13.0 Å². The highest BCUT2D eigenvalue weighted by Crippen LogP contribution is 1.93. The molecule has 0 aromatic heterocycles. The van der Waals surface area contributed by atoms with Crippen LogP contribution in [0.25, 0.3) is 0 Å². The van der Waals surface area contributed by atoms with E-state index in [0.29, 0.717) is 0 Å². The maximum absolute atomic E-state index is 10.9. The van der Waals surface area contributed by atoms with E-state index in [1.165, 1.54) is 7.11 Å². The largest absolute Gasteiger partial charge is 0.481 e. The molecule has 0 radical (unpaired) electrons. The van der Waals surface area contributed by atoms with Gasteiger partial charge in [-0.15, -0.1) is 0 Å². The highest BCUT2D eigenvalue weighted by atomic mass is 16.5. The number of nitrogens with one attached hydrogen (secondary N) is 1. The lowest BCUT2D eigenvalue weighted by Crippen LogP contribution is -2.38. The molecule has 0 amide bonds. The molecule has 0 aliphatic carbocycles. The van der Waals surface area contributed by atoms with Crippen LogP contribution in [0.2, 0.25) is 0 Å². The van der Waals surface area contributed by atoms with E-state index in [1.807, 2.05) is 0 Å². The van der Waals surface area contributed by atoms with Crippen molar-refractivity contribution in [3.05, 3.63) is 0 Å². The van der Waals surface area contributed by atoms with E-state index < -0.39 is 23.9 Å². The van der Waals surface area contributed by atoms with Gasteiger partial charge in [-0.3, -0.25) is 9.59 Å². The molecule has 5 nitrogen and oxygen atoms in total. The lowest BCUT2D eigenvalue weighted by Gasteiger charge is -2.13.